The van der Waals surface area contributed by atoms with Crippen LogP contribution in [0.25, 0.3) is 0 Å². The fourth-order valence-corrected chi connectivity index (χ4v) is 2.10. The molecule has 0 bridgehead atoms. The van der Waals surface area contributed by atoms with Gasteiger partial charge in [0.05, 0.1) is 5.56 Å². The summed E-state index contributed by atoms with van der Waals surface area (Å²) in [4.78, 5) is 11.4. The lowest BCUT2D eigenvalue weighted by Crippen LogP contribution is -2.04. The number of halogens is 2. The smallest absolute Gasteiger partial charge is 0.166 e. The van der Waals surface area contributed by atoms with E-state index in [0.29, 0.717) is 0 Å². The van der Waals surface area contributed by atoms with Gasteiger partial charge in [-0.25, -0.2) is 4.39 Å². The first kappa shape index (κ1) is 13.7. The Bertz CT molecular complexity index is 611. The summed E-state index contributed by atoms with van der Waals surface area (Å²) >= 11 is 3.40. The number of para-hydroxylation sites is 1. The zero-order valence-electron chi connectivity index (χ0n) is 10.3. The van der Waals surface area contributed by atoms with Gasteiger partial charge in [-0.15, -0.1) is 0 Å². The summed E-state index contributed by atoms with van der Waals surface area (Å²) < 4.78 is 20.1. The van der Waals surface area contributed by atoms with Gasteiger partial charge in [0.1, 0.15) is 6.61 Å². The standard InChI is InChI=1S/C15H12BrFO2/c1-10(18)12-6-4-8-14(17)15(12)19-9-11-5-2-3-7-13(11)16/h2-8H,9H2,1H3. The molecule has 0 spiro atoms. The number of benzene rings is 2. The van der Waals surface area contributed by atoms with E-state index in [1.807, 2.05) is 24.3 Å². The summed E-state index contributed by atoms with van der Waals surface area (Å²) in [5.41, 5.74) is 1.15. The maximum Gasteiger partial charge on any atom is 0.166 e. The molecule has 0 N–H and O–H groups in total. The zero-order valence-corrected chi connectivity index (χ0v) is 11.9. The van der Waals surface area contributed by atoms with Crippen LogP contribution < -0.4 is 4.74 Å². The van der Waals surface area contributed by atoms with Crippen molar-refractivity contribution in [2.75, 3.05) is 0 Å². The molecular formula is C15H12BrFO2. The Balaban J connectivity index is 2.25. The van der Waals surface area contributed by atoms with Gasteiger partial charge < -0.3 is 4.74 Å². The third-order valence-electron chi connectivity index (χ3n) is 2.68. The molecule has 19 heavy (non-hydrogen) atoms. The molecule has 4 heteroatoms. The topological polar surface area (TPSA) is 26.3 Å². The molecular weight excluding hydrogens is 311 g/mol. The molecule has 0 heterocycles. The predicted molar refractivity (Wildman–Crippen MR) is 74.9 cm³/mol. The molecule has 0 aliphatic heterocycles. The largest absolute Gasteiger partial charge is 0.485 e. The first-order chi connectivity index (χ1) is 9.09. The van der Waals surface area contributed by atoms with Crippen molar-refractivity contribution < 1.29 is 13.9 Å². The quantitative estimate of drug-likeness (QED) is 0.781. The number of hydrogen-bond donors (Lipinski definition) is 0. The molecule has 0 saturated heterocycles. The van der Waals surface area contributed by atoms with Crippen molar-refractivity contribution >= 4 is 21.7 Å². The van der Waals surface area contributed by atoms with Crippen molar-refractivity contribution in [2.24, 2.45) is 0 Å². The summed E-state index contributed by atoms with van der Waals surface area (Å²) in [6.45, 7) is 1.59. The van der Waals surface area contributed by atoms with Crippen LogP contribution in [0.3, 0.4) is 0 Å². The minimum atomic E-state index is -0.528. The summed E-state index contributed by atoms with van der Waals surface area (Å²) in [7, 11) is 0. The number of carbonyl (C=O) groups excluding carboxylic acids is 1. The first-order valence-electron chi connectivity index (χ1n) is 5.75. The Hall–Kier alpha value is -1.68. The molecule has 0 aliphatic rings. The van der Waals surface area contributed by atoms with Crippen LogP contribution in [0.2, 0.25) is 0 Å². The molecule has 0 radical (unpaired) electrons. The van der Waals surface area contributed by atoms with Gasteiger partial charge >= 0.3 is 0 Å². The van der Waals surface area contributed by atoms with Gasteiger partial charge in [-0.3, -0.25) is 4.79 Å². The van der Waals surface area contributed by atoms with Crippen LogP contribution >= 0.6 is 15.9 Å². The minimum Gasteiger partial charge on any atom is -0.485 e. The molecule has 0 amide bonds. The molecule has 2 aromatic rings. The van der Waals surface area contributed by atoms with E-state index >= 15 is 0 Å². The van der Waals surface area contributed by atoms with Gasteiger partial charge in [0.15, 0.2) is 17.3 Å². The van der Waals surface area contributed by atoms with Gasteiger partial charge in [0, 0.05) is 10.0 Å². The average Bonchev–Trinajstić information content (AvgIpc) is 2.38. The summed E-state index contributed by atoms with van der Waals surface area (Å²) in [5, 5.41) is 0. The second-order valence-electron chi connectivity index (χ2n) is 4.05. The van der Waals surface area contributed by atoms with E-state index in [1.165, 1.54) is 19.1 Å². The molecule has 0 atom stereocenters. The van der Waals surface area contributed by atoms with E-state index in [1.54, 1.807) is 6.07 Å². The van der Waals surface area contributed by atoms with Gasteiger partial charge in [-0.05, 0) is 25.1 Å². The monoisotopic (exact) mass is 322 g/mol. The highest BCUT2D eigenvalue weighted by atomic mass is 79.9. The fraction of sp³-hybridized carbons (Fsp3) is 0.133. The van der Waals surface area contributed by atoms with Crippen LogP contribution in [0.5, 0.6) is 5.75 Å². The number of Topliss-reactive ketones (excluding diaryl/α,β-unsaturated/α-hetero) is 1. The molecule has 0 unspecified atom stereocenters. The lowest BCUT2D eigenvalue weighted by molar-refractivity contribution is 0.101. The fourth-order valence-electron chi connectivity index (χ4n) is 1.70. The van der Waals surface area contributed by atoms with Crippen LogP contribution in [-0.4, -0.2) is 5.78 Å². The molecule has 0 aromatic heterocycles. The van der Waals surface area contributed by atoms with E-state index in [9.17, 15) is 9.18 Å². The van der Waals surface area contributed by atoms with Gasteiger partial charge in [0.25, 0.3) is 0 Å². The summed E-state index contributed by atoms with van der Waals surface area (Å²) in [5.74, 6) is -0.743. The molecule has 2 nitrogen and oxygen atoms in total. The maximum atomic E-state index is 13.7. The van der Waals surface area contributed by atoms with Crippen molar-refractivity contribution in [1.29, 1.82) is 0 Å². The van der Waals surface area contributed by atoms with Crippen molar-refractivity contribution in [3.05, 3.63) is 63.9 Å². The second-order valence-corrected chi connectivity index (χ2v) is 4.91. The molecule has 2 rings (SSSR count). The van der Waals surface area contributed by atoms with E-state index in [2.05, 4.69) is 15.9 Å². The highest BCUT2D eigenvalue weighted by Crippen LogP contribution is 2.25. The van der Waals surface area contributed by atoms with Gasteiger partial charge in [-0.2, -0.15) is 0 Å². The first-order valence-corrected chi connectivity index (χ1v) is 6.54. The lowest BCUT2D eigenvalue weighted by Gasteiger charge is -2.11. The SMILES string of the molecule is CC(=O)c1cccc(F)c1OCc1ccccc1Br. The van der Waals surface area contributed by atoms with Crippen molar-refractivity contribution in [1.82, 2.24) is 0 Å². The Morgan fingerprint density at radius 2 is 1.95 bits per heavy atom. The third-order valence-corrected chi connectivity index (χ3v) is 3.45. The molecule has 2 aromatic carbocycles. The van der Waals surface area contributed by atoms with Crippen LogP contribution in [0.1, 0.15) is 22.8 Å². The Morgan fingerprint density at radius 3 is 2.63 bits per heavy atom. The van der Waals surface area contributed by atoms with Crippen LogP contribution in [0.4, 0.5) is 4.39 Å². The number of hydrogen-bond acceptors (Lipinski definition) is 2. The molecule has 0 aliphatic carbocycles. The van der Waals surface area contributed by atoms with Crippen LogP contribution in [0.15, 0.2) is 46.9 Å². The maximum absolute atomic E-state index is 13.7. The Kier molecular flexibility index (Phi) is 4.32. The van der Waals surface area contributed by atoms with E-state index in [4.69, 9.17) is 4.74 Å². The molecule has 98 valence electrons. The summed E-state index contributed by atoms with van der Waals surface area (Å²) in [6.07, 6.45) is 0. The number of ether oxygens (including phenoxy) is 1. The van der Waals surface area contributed by atoms with Crippen molar-refractivity contribution in [3.63, 3.8) is 0 Å². The number of rotatable bonds is 4. The predicted octanol–water partition coefficient (Wildman–Crippen LogP) is 4.37. The van der Waals surface area contributed by atoms with Gasteiger partial charge in [-0.1, -0.05) is 40.2 Å². The van der Waals surface area contributed by atoms with Crippen molar-refractivity contribution in [2.45, 2.75) is 13.5 Å². The molecule has 0 fully saturated rings. The average molecular weight is 323 g/mol. The highest BCUT2D eigenvalue weighted by molar-refractivity contribution is 9.10. The second kappa shape index (κ2) is 5.97. The third kappa shape index (κ3) is 3.20. The highest BCUT2D eigenvalue weighted by Gasteiger charge is 2.13. The minimum absolute atomic E-state index is 0.00533. The number of carbonyl (C=O) groups is 1. The van der Waals surface area contributed by atoms with Crippen LogP contribution in [-0.2, 0) is 6.61 Å². The summed E-state index contributed by atoms with van der Waals surface area (Å²) in [6, 6.07) is 11.8. The Morgan fingerprint density at radius 1 is 1.21 bits per heavy atom. The lowest BCUT2D eigenvalue weighted by atomic mass is 10.1. The van der Waals surface area contributed by atoms with Gasteiger partial charge in [0.2, 0.25) is 0 Å². The van der Waals surface area contributed by atoms with E-state index in [-0.39, 0.29) is 23.7 Å². The van der Waals surface area contributed by atoms with E-state index in [0.717, 1.165) is 10.0 Å². The van der Waals surface area contributed by atoms with Crippen LogP contribution in [0, 0.1) is 5.82 Å². The normalized spacial score (nSPS) is 10.3. The zero-order chi connectivity index (χ0) is 13.8. The van der Waals surface area contributed by atoms with E-state index < -0.39 is 5.82 Å². The Labute approximate surface area is 119 Å². The number of ketones is 1. The van der Waals surface area contributed by atoms with Crippen molar-refractivity contribution in [3.8, 4) is 5.75 Å². The molecule has 0 saturated carbocycles.